The molecule has 4 rings (SSSR count). The molecule has 0 radical (unpaired) electrons. The molecule has 158 valence electrons. The van der Waals surface area contributed by atoms with E-state index in [1.165, 1.54) is 0 Å². The van der Waals surface area contributed by atoms with Gasteiger partial charge in [-0.05, 0) is 24.1 Å². The molecule has 6 nitrogen and oxygen atoms in total. The third-order valence-corrected chi connectivity index (χ3v) is 5.71. The molecule has 1 amide bonds. The molecule has 0 unspecified atom stereocenters. The maximum atomic E-state index is 13.4. The molecule has 0 bridgehead atoms. The largest absolute Gasteiger partial charge is 0.460 e. The van der Waals surface area contributed by atoms with Gasteiger partial charge >= 0.3 is 0 Å². The summed E-state index contributed by atoms with van der Waals surface area (Å²) >= 11 is 0. The number of rotatable bonds is 8. The summed E-state index contributed by atoms with van der Waals surface area (Å²) < 4.78 is 8.07. The highest BCUT2D eigenvalue weighted by Gasteiger charge is 2.53. The normalized spacial score (nSPS) is 19.0. The summed E-state index contributed by atoms with van der Waals surface area (Å²) in [5, 5.41) is 0. The molecule has 0 spiro atoms. The third kappa shape index (κ3) is 3.93. The number of Topliss-reactive ketones (excluding diaryl/α,β-unsaturated/α-hetero) is 1. The summed E-state index contributed by atoms with van der Waals surface area (Å²) in [6.45, 7) is 2.00. The van der Waals surface area contributed by atoms with Gasteiger partial charge in [0.05, 0.1) is 0 Å². The average Bonchev–Trinajstić information content (AvgIpc) is 3.37. The molecule has 0 fully saturated rings. The Morgan fingerprint density at radius 1 is 1.10 bits per heavy atom. The van der Waals surface area contributed by atoms with Crippen molar-refractivity contribution in [2.75, 3.05) is 0 Å². The number of aryl methyl sites for hydroxylation is 1. The fourth-order valence-corrected chi connectivity index (χ4v) is 4.20. The number of amides is 1. The van der Waals surface area contributed by atoms with Crippen LogP contribution in [0.2, 0.25) is 0 Å². The summed E-state index contributed by atoms with van der Waals surface area (Å²) in [4.78, 5) is 35.0. The van der Waals surface area contributed by atoms with Gasteiger partial charge in [-0.25, -0.2) is 4.98 Å². The lowest BCUT2D eigenvalue weighted by Gasteiger charge is -2.34. The monoisotopic (exact) mass is 415 g/mol. The fourth-order valence-electron chi connectivity index (χ4n) is 4.20. The van der Waals surface area contributed by atoms with Crippen LogP contribution in [-0.2, 0) is 16.6 Å². The topological polar surface area (TPSA) is 73.6 Å². The second-order valence-electron chi connectivity index (χ2n) is 7.78. The molecule has 31 heavy (non-hydrogen) atoms. The molecule has 6 heteroatoms. The number of ketones is 1. The molecule has 2 atom stereocenters. The Morgan fingerprint density at radius 3 is 2.39 bits per heavy atom. The number of carbonyl (C=O) groups is 2. The lowest BCUT2D eigenvalue weighted by Crippen LogP contribution is -2.44. The number of nitrogens with zero attached hydrogens (tertiary/aromatic N) is 3. The van der Waals surface area contributed by atoms with Gasteiger partial charge in [0.1, 0.15) is 0 Å². The zero-order valence-electron chi connectivity index (χ0n) is 17.7. The lowest BCUT2D eigenvalue weighted by atomic mass is 9.75. The van der Waals surface area contributed by atoms with Crippen LogP contribution < -0.4 is 0 Å². The zero-order valence-corrected chi connectivity index (χ0v) is 17.7. The van der Waals surface area contributed by atoms with Crippen LogP contribution >= 0.6 is 0 Å². The number of aliphatic imine (C=N–C) groups is 1. The molecule has 2 heterocycles. The van der Waals surface area contributed by atoms with E-state index in [0.29, 0.717) is 24.6 Å². The van der Waals surface area contributed by atoms with Crippen LogP contribution in [0.3, 0.4) is 0 Å². The zero-order chi connectivity index (χ0) is 21.8. The SMILES string of the molecule is CCC[C@@]1([C@H](CC(=O)c2nccn2C)c2ccccc2)OC(c2ccccc2)=NC1=O. The molecule has 1 aliphatic heterocycles. The Morgan fingerprint density at radius 2 is 1.77 bits per heavy atom. The molecule has 0 saturated carbocycles. The summed E-state index contributed by atoms with van der Waals surface area (Å²) in [5.74, 6) is -0.293. The van der Waals surface area contributed by atoms with Crippen molar-refractivity contribution in [2.24, 2.45) is 12.0 Å². The Bertz CT molecular complexity index is 1110. The number of aromatic nitrogens is 2. The highest BCUT2D eigenvalue weighted by molar-refractivity contribution is 6.10. The quantitative estimate of drug-likeness (QED) is 0.514. The highest BCUT2D eigenvalue weighted by atomic mass is 16.5. The first-order chi connectivity index (χ1) is 15.0. The minimum Gasteiger partial charge on any atom is -0.460 e. The highest BCUT2D eigenvalue weighted by Crippen LogP contribution is 2.43. The minimum absolute atomic E-state index is 0.0954. The average molecular weight is 415 g/mol. The summed E-state index contributed by atoms with van der Waals surface area (Å²) in [5.41, 5.74) is 0.384. The number of hydrogen-bond acceptors (Lipinski definition) is 4. The minimum atomic E-state index is -1.23. The molecule has 1 aromatic heterocycles. The van der Waals surface area contributed by atoms with Crippen molar-refractivity contribution in [3.8, 4) is 0 Å². The smallest absolute Gasteiger partial charge is 0.293 e. The summed E-state index contributed by atoms with van der Waals surface area (Å²) in [7, 11) is 1.79. The van der Waals surface area contributed by atoms with Crippen molar-refractivity contribution >= 4 is 17.6 Å². The van der Waals surface area contributed by atoms with Crippen LogP contribution in [-0.4, -0.2) is 32.7 Å². The molecular weight excluding hydrogens is 390 g/mol. The lowest BCUT2D eigenvalue weighted by molar-refractivity contribution is -0.133. The van der Waals surface area contributed by atoms with Gasteiger partial charge in [0, 0.05) is 37.3 Å². The Hall–Kier alpha value is -3.54. The number of imidazole rings is 1. The van der Waals surface area contributed by atoms with Crippen molar-refractivity contribution in [2.45, 2.75) is 37.7 Å². The fraction of sp³-hybridized carbons (Fsp3) is 0.280. The van der Waals surface area contributed by atoms with Crippen LogP contribution in [0.25, 0.3) is 0 Å². The first-order valence-electron chi connectivity index (χ1n) is 10.5. The molecule has 3 aromatic rings. The van der Waals surface area contributed by atoms with Gasteiger partial charge in [-0.1, -0.05) is 61.9 Å². The van der Waals surface area contributed by atoms with Crippen molar-refractivity contribution in [1.82, 2.24) is 9.55 Å². The predicted octanol–water partition coefficient (Wildman–Crippen LogP) is 4.32. The summed E-state index contributed by atoms with van der Waals surface area (Å²) in [6, 6.07) is 19.0. The Labute approximate surface area is 181 Å². The van der Waals surface area contributed by atoms with Crippen LogP contribution in [0.15, 0.2) is 78.0 Å². The Balaban J connectivity index is 1.75. The molecule has 0 saturated heterocycles. The van der Waals surface area contributed by atoms with E-state index in [1.54, 1.807) is 24.0 Å². The third-order valence-electron chi connectivity index (χ3n) is 5.71. The molecule has 2 aromatic carbocycles. The van der Waals surface area contributed by atoms with E-state index in [0.717, 1.165) is 11.1 Å². The Kier molecular flexibility index (Phi) is 5.80. The number of benzene rings is 2. The van der Waals surface area contributed by atoms with Gasteiger partial charge < -0.3 is 9.30 Å². The maximum Gasteiger partial charge on any atom is 0.293 e. The van der Waals surface area contributed by atoms with Crippen LogP contribution in [0.1, 0.15) is 53.8 Å². The number of hydrogen-bond donors (Lipinski definition) is 0. The van der Waals surface area contributed by atoms with Gasteiger partial charge in [-0.3, -0.25) is 9.59 Å². The maximum absolute atomic E-state index is 13.4. The van der Waals surface area contributed by atoms with Crippen LogP contribution in [0, 0.1) is 0 Å². The summed E-state index contributed by atoms with van der Waals surface area (Å²) in [6.07, 6.45) is 4.60. The first-order valence-corrected chi connectivity index (χ1v) is 10.5. The van der Waals surface area contributed by atoms with E-state index in [1.807, 2.05) is 67.6 Å². The van der Waals surface area contributed by atoms with E-state index in [4.69, 9.17) is 4.74 Å². The van der Waals surface area contributed by atoms with E-state index in [9.17, 15) is 9.59 Å². The van der Waals surface area contributed by atoms with E-state index in [-0.39, 0.29) is 18.1 Å². The number of carbonyl (C=O) groups excluding carboxylic acids is 2. The van der Waals surface area contributed by atoms with Gasteiger partial charge in [-0.15, -0.1) is 0 Å². The standard InChI is InChI=1S/C25H25N3O3/c1-3-14-25(24(30)27-23(31-25)19-12-8-5-9-13-19)20(18-10-6-4-7-11-18)17-21(29)22-26-15-16-28(22)2/h4-13,15-16,20H,3,14,17H2,1-2H3/t20-,25+/m1/s1. The van der Waals surface area contributed by atoms with Crippen LogP contribution in [0.5, 0.6) is 0 Å². The predicted molar refractivity (Wildman–Crippen MR) is 118 cm³/mol. The van der Waals surface area contributed by atoms with E-state index < -0.39 is 11.5 Å². The second kappa shape index (κ2) is 8.68. The van der Waals surface area contributed by atoms with Gasteiger partial charge in [-0.2, -0.15) is 4.99 Å². The van der Waals surface area contributed by atoms with Gasteiger partial charge in [0.15, 0.2) is 17.2 Å². The van der Waals surface area contributed by atoms with Crippen molar-refractivity contribution in [3.63, 3.8) is 0 Å². The molecule has 1 aliphatic rings. The van der Waals surface area contributed by atoms with Gasteiger partial charge in [0.25, 0.3) is 5.91 Å². The first kappa shape index (κ1) is 20.7. The van der Waals surface area contributed by atoms with Crippen molar-refractivity contribution in [1.29, 1.82) is 0 Å². The second-order valence-corrected chi connectivity index (χ2v) is 7.78. The molecular formula is C25H25N3O3. The molecule has 0 aliphatic carbocycles. The number of ether oxygens (including phenoxy) is 1. The molecule has 0 N–H and O–H groups in total. The van der Waals surface area contributed by atoms with Crippen molar-refractivity contribution in [3.05, 3.63) is 90.0 Å². The van der Waals surface area contributed by atoms with Crippen molar-refractivity contribution < 1.29 is 14.3 Å². The van der Waals surface area contributed by atoms with E-state index >= 15 is 0 Å². The van der Waals surface area contributed by atoms with Crippen LogP contribution in [0.4, 0.5) is 0 Å². The van der Waals surface area contributed by atoms with Gasteiger partial charge in [0.2, 0.25) is 5.90 Å². The van der Waals surface area contributed by atoms with E-state index in [2.05, 4.69) is 9.98 Å².